The number of aliphatic imine (C=N–C) groups is 2. The average Bonchev–Trinajstić information content (AvgIpc) is 3.38. The molecule has 9 nitrogen and oxygen atoms in total. The molecule has 1 unspecified atom stereocenters. The Labute approximate surface area is 163 Å². The van der Waals surface area contributed by atoms with Crippen LogP contribution < -0.4 is 0 Å². The summed E-state index contributed by atoms with van der Waals surface area (Å²) in [4.78, 5) is 25.7. The highest BCUT2D eigenvalue weighted by Gasteiger charge is 2.40. The normalized spacial score (nSPS) is 24.5. The molecule has 0 aromatic carbocycles. The highest BCUT2D eigenvalue weighted by Crippen LogP contribution is 2.34. The molecule has 28 heavy (non-hydrogen) atoms. The van der Waals surface area contributed by atoms with Crippen LogP contribution in [0.2, 0.25) is 0 Å². The second-order valence-corrected chi connectivity index (χ2v) is 9.45. The van der Waals surface area contributed by atoms with E-state index in [1.54, 1.807) is 9.47 Å². The minimum atomic E-state index is -3.69. The van der Waals surface area contributed by atoms with Crippen LogP contribution in [0.25, 0.3) is 0 Å². The number of rotatable bonds is 4. The first-order chi connectivity index (χ1) is 13.3. The number of piperazine rings is 1. The number of hydrogen-bond donors (Lipinski definition) is 0. The third-order valence-electron chi connectivity index (χ3n) is 5.21. The summed E-state index contributed by atoms with van der Waals surface area (Å²) in [7, 11) is -3.69. The predicted octanol–water partition coefficient (Wildman–Crippen LogP) is 0.856. The van der Waals surface area contributed by atoms with Gasteiger partial charge in [0, 0.05) is 44.3 Å². The van der Waals surface area contributed by atoms with Gasteiger partial charge in [0.15, 0.2) is 5.03 Å². The molecule has 4 rings (SSSR count). The lowest BCUT2D eigenvalue weighted by Crippen LogP contribution is -2.51. The molecule has 1 aromatic rings. The van der Waals surface area contributed by atoms with Gasteiger partial charge in [-0.1, -0.05) is 0 Å². The standard InChI is InChI=1S/C17H23FN6O3S/c1-11(2)23-9-13(19-10-23)28(26,27)24-7-5-22(6-8-24)17-20-15(12-3-4-12)14(18)16(25)21-17/h9-12,14H,3-8H2,1-2H3. The number of sulfonamides is 1. The molecule has 11 heteroatoms. The lowest BCUT2D eigenvalue weighted by Gasteiger charge is -2.34. The van der Waals surface area contributed by atoms with E-state index in [0.717, 1.165) is 12.8 Å². The van der Waals surface area contributed by atoms with Crippen molar-refractivity contribution in [3.63, 3.8) is 0 Å². The van der Waals surface area contributed by atoms with Gasteiger partial charge in [-0.05, 0) is 26.7 Å². The Balaban J connectivity index is 1.45. The molecule has 0 bridgehead atoms. The first-order valence-electron chi connectivity index (χ1n) is 9.41. The van der Waals surface area contributed by atoms with E-state index in [1.807, 2.05) is 13.8 Å². The number of imidazole rings is 1. The van der Waals surface area contributed by atoms with Crippen molar-refractivity contribution in [2.75, 3.05) is 26.2 Å². The number of carbonyl (C=O) groups excluding carboxylic acids is 1. The number of guanidine groups is 1. The number of hydrogen-bond acceptors (Lipinski definition) is 6. The first kappa shape index (κ1) is 19.2. The third kappa shape index (κ3) is 3.48. The molecule has 0 radical (unpaired) electrons. The third-order valence-corrected chi connectivity index (χ3v) is 7.00. The number of nitrogens with zero attached hydrogens (tertiary/aromatic N) is 6. The summed E-state index contributed by atoms with van der Waals surface area (Å²) in [6.45, 7) is 4.99. The number of halogens is 1. The Kier molecular flexibility index (Phi) is 4.82. The molecule has 1 amide bonds. The summed E-state index contributed by atoms with van der Waals surface area (Å²) in [6, 6.07) is 0.119. The van der Waals surface area contributed by atoms with Gasteiger partial charge in [0.05, 0.1) is 12.0 Å². The summed E-state index contributed by atoms with van der Waals surface area (Å²) in [5, 5.41) is 0.0224. The first-order valence-corrected chi connectivity index (χ1v) is 10.8. The number of amides is 1. The molecular formula is C17H23FN6O3S. The van der Waals surface area contributed by atoms with Crippen molar-refractivity contribution in [3.8, 4) is 0 Å². The molecule has 0 N–H and O–H groups in total. The van der Waals surface area contributed by atoms with E-state index in [1.165, 1.54) is 16.8 Å². The van der Waals surface area contributed by atoms with Crippen LogP contribution in [0, 0.1) is 5.92 Å². The van der Waals surface area contributed by atoms with Gasteiger partial charge in [-0.2, -0.15) is 9.30 Å². The van der Waals surface area contributed by atoms with Crippen LogP contribution >= 0.6 is 0 Å². The molecule has 1 saturated heterocycles. The van der Waals surface area contributed by atoms with Crippen molar-refractivity contribution in [3.05, 3.63) is 12.5 Å². The minimum absolute atomic E-state index is 0.0224. The fourth-order valence-corrected chi connectivity index (χ4v) is 4.64. The van der Waals surface area contributed by atoms with Crippen molar-refractivity contribution >= 4 is 27.6 Å². The highest BCUT2D eigenvalue weighted by atomic mass is 32.2. The van der Waals surface area contributed by atoms with Gasteiger partial charge in [-0.3, -0.25) is 4.79 Å². The molecule has 152 valence electrons. The Morgan fingerprint density at radius 3 is 2.39 bits per heavy atom. The van der Waals surface area contributed by atoms with Gasteiger partial charge in [0.2, 0.25) is 12.1 Å². The van der Waals surface area contributed by atoms with Gasteiger partial charge >= 0.3 is 0 Å². The van der Waals surface area contributed by atoms with Crippen molar-refractivity contribution in [2.24, 2.45) is 15.9 Å². The van der Waals surface area contributed by atoms with Crippen molar-refractivity contribution in [1.82, 2.24) is 18.8 Å². The van der Waals surface area contributed by atoms with Crippen LogP contribution in [0.4, 0.5) is 4.39 Å². The summed E-state index contributed by atoms with van der Waals surface area (Å²) < 4.78 is 42.8. The minimum Gasteiger partial charge on any atom is -0.338 e. The van der Waals surface area contributed by atoms with Gasteiger partial charge in [-0.15, -0.1) is 0 Å². The van der Waals surface area contributed by atoms with E-state index >= 15 is 0 Å². The molecule has 1 saturated carbocycles. The SMILES string of the molecule is CC(C)n1cnc(S(=O)(=O)N2CCN(C3=NC(=O)C(F)C(C4CC4)=N3)CC2)c1. The maximum Gasteiger partial charge on any atom is 0.289 e. The van der Waals surface area contributed by atoms with Gasteiger partial charge < -0.3 is 9.47 Å². The average molecular weight is 410 g/mol. The zero-order valence-electron chi connectivity index (χ0n) is 15.8. The van der Waals surface area contributed by atoms with Crippen molar-refractivity contribution in [1.29, 1.82) is 0 Å². The molecule has 3 aliphatic rings. The fraction of sp³-hybridized carbons (Fsp3) is 0.647. The van der Waals surface area contributed by atoms with Gasteiger partial charge in [0.1, 0.15) is 0 Å². The summed E-state index contributed by atoms with van der Waals surface area (Å²) in [6.07, 6.45) is 2.99. The Hall–Kier alpha value is -2.14. The van der Waals surface area contributed by atoms with E-state index in [2.05, 4.69) is 15.0 Å². The van der Waals surface area contributed by atoms with Crippen LogP contribution in [-0.4, -0.2) is 77.1 Å². The second-order valence-electron chi connectivity index (χ2n) is 7.57. The van der Waals surface area contributed by atoms with E-state index in [0.29, 0.717) is 13.1 Å². The van der Waals surface area contributed by atoms with Gasteiger partial charge in [-0.25, -0.2) is 22.8 Å². The Morgan fingerprint density at radius 1 is 1.14 bits per heavy atom. The van der Waals surface area contributed by atoms with Crippen LogP contribution in [0.5, 0.6) is 0 Å². The van der Waals surface area contributed by atoms with E-state index in [9.17, 15) is 17.6 Å². The van der Waals surface area contributed by atoms with Gasteiger partial charge in [0.25, 0.3) is 15.9 Å². The van der Waals surface area contributed by atoms with Crippen LogP contribution in [-0.2, 0) is 14.8 Å². The molecule has 2 fully saturated rings. The Morgan fingerprint density at radius 2 is 1.82 bits per heavy atom. The maximum absolute atomic E-state index is 14.0. The molecule has 1 aliphatic carbocycles. The molecule has 3 heterocycles. The smallest absolute Gasteiger partial charge is 0.289 e. The summed E-state index contributed by atoms with van der Waals surface area (Å²) >= 11 is 0. The van der Waals surface area contributed by atoms with Crippen LogP contribution in [0.3, 0.4) is 0 Å². The van der Waals surface area contributed by atoms with E-state index in [4.69, 9.17) is 0 Å². The van der Waals surface area contributed by atoms with Crippen molar-refractivity contribution in [2.45, 2.75) is 43.9 Å². The zero-order valence-corrected chi connectivity index (χ0v) is 16.6. The number of carbonyl (C=O) groups is 1. The molecule has 1 aromatic heterocycles. The predicted molar refractivity (Wildman–Crippen MR) is 100 cm³/mol. The fourth-order valence-electron chi connectivity index (χ4n) is 3.29. The number of aromatic nitrogens is 2. The molecular weight excluding hydrogens is 387 g/mol. The molecule has 1 atom stereocenters. The van der Waals surface area contributed by atoms with E-state index < -0.39 is 22.1 Å². The van der Waals surface area contributed by atoms with Crippen LogP contribution in [0.1, 0.15) is 32.7 Å². The lowest BCUT2D eigenvalue weighted by molar-refractivity contribution is -0.120. The second kappa shape index (κ2) is 7.03. The Bertz CT molecular complexity index is 942. The highest BCUT2D eigenvalue weighted by molar-refractivity contribution is 7.89. The zero-order chi connectivity index (χ0) is 20.1. The van der Waals surface area contributed by atoms with E-state index in [-0.39, 0.29) is 41.7 Å². The molecule has 0 spiro atoms. The van der Waals surface area contributed by atoms with Crippen molar-refractivity contribution < 1.29 is 17.6 Å². The summed E-state index contributed by atoms with van der Waals surface area (Å²) in [5.41, 5.74) is 0.268. The number of alkyl halides is 1. The lowest BCUT2D eigenvalue weighted by atomic mass is 10.1. The molecule has 2 aliphatic heterocycles. The quantitative estimate of drug-likeness (QED) is 0.733. The summed E-state index contributed by atoms with van der Waals surface area (Å²) in [5.74, 6) is -0.592. The largest absolute Gasteiger partial charge is 0.338 e. The van der Waals surface area contributed by atoms with Crippen LogP contribution in [0.15, 0.2) is 27.5 Å². The monoisotopic (exact) mass is 410 g/mol. The maximum atomic E-state index is 14.0. The topological polar surface area (TPSA) is 100 Å².